The van der Waals surface area contributed by atoms with Crippen LogP contribution in [0.1, 0.15) is 40.0 Å². The maximum atomic E-state index is 11.3. The molecule has 1 aliphatic rings. The molecular formula is C13H23N2O5P-2. The number of hydrogen-bond acceptors (Lipinski definition) is 6. The second kappa shape index (κ2) is 7.51. The van der Waals surface area contributed by atoms with Crippen LogP contribution in [-0.4, -0.2) is 30.2 Å². The predicted molar refractivity (Wildman–Crippen MR) is 75.1 cm³/mol. The largest absolute Gasteiger partial charge is 0.808 e. The first kappa shape index (κ1) is 18.3. The van der Waals surface area contributed by atoms with Gasteiger partial charge in [-0.25, -0.2) is 0 Å². The number of rotatable bonds is 6. The molecule has 0 bridgehead atoms. The zero-order valence-electron chi connectivity index (χ0n) is 12.6. The van der Waals surface area contributed by atoms with Crippen LogP contribution in [0.2, 0.25) is 0 Å². The minimum absolute atomic E-state index is 0.0853. The molecule has 1 amide bonds. The first-order valence-electron chi connectivity index (χ1n) is 7.10. The molecular weight excluding hydrogens is 295 g/mol. The Labute approximate surface area is 125 Å². The van der Waals surface area contributed by atoms with E-state index in [4.69, 9.17) is 10.5 Å². The Morgan fingerprint density at radius 3 is 2.52 bits per heavy atom. The molecule has 21 heavy (non-hydrogen) atoms. The zero-order valence-corrected chi connectivity index (χ0v) is 13.5. The molecule has 0 spiro atoms. The molecule has 0 saturated carbocycles. The smallest absolute Gasteiger partial charge is 0.217 e. The molecule has 1 rings (SSSR count). The second-order valence-electron chi connectivity index (χ2n) is 5.29. The van der Waals surface area contributed by atoms with E-state index < -0.39 is 25.8 Å². The van der Waals surface area contributed by atoms with Gasteiger partial charge in [0.25, 0.3) is 0 Å². The Kier molecular flexibility index (Phi) is 6.56. The minimum atomic E-state index is -4.85. The van der Waals surface area contributed by atoms with Gasteiger partial charge in [-0.15, -0.1) is 0 Å². The summed E-state index contributed by atoms with van der Waals surface area (Å²) in [6.45, 7) is 5.24. The fourth-order valence-electron chi connectivity index (χ4n) is 2.43. The normalized spacial score (nSPS) is 26.6. The third-order valence-corrected chi connectivity index (χ3v) is 4.63. The first-order valence-corrected chi connectivity index (χ1v) is 8.64. The molecule has 3 N–H and O–H groups in total. The highest BCUT2D eigenvalue weighted by molar-refractivity contribution is 7.53. The average molecular weight is 318 g/mol. The summed E-state index contributed by atoms with van der Waals surface area (Å²) < 4.78 is 17.1. The van der Waals surface area contributed by atoms with E-state index in [0.717, 1.165) is 12.8 Å². The second-order valence-corrected chi connectivity index (χ2v) is 6.86. The number of ether oxygens (including phenoxy) is 1. The van der Waals surface area contributed by atoms with Crippen molar-refractivity contribution < 1.29 is 23.9 Å². The molecule has 7 nitrogen and oxygen atoms in total. The standard InChI is InChI=1S/C13H25N2O5P/c1-4-9(5-2)20-12-7-10(21(17,18)19)6-11(14)13(12)15-8(3)16/h7,9,11-13H,4-6,14H2,1-3H3,(H,15,16)(H2,17,18,19)/p-2/t11-,12+,13+/m0/s1. The van der Waals surface area contributed by atoms with E-state index in [1.807, 2.05) is 13.8 Å². The van der Waals surface area contributed by atoms with Gasteiger partial charge in [-0.3, -0.25) is 4.79 Å². The molecule has 1 aliphatic carbocycles. The highest BCUT2D eigenvalue weighted by Gasteiger charge is 2.34. The van der Waals surface area contributed by atoms with Crippen molar-refractivity contribution in [3.8, 4) is 0 Å². The van der Waals surface area contributed by atoms with Crippen LogP contribution in [0.25, 0.3) is 0 Å². The molecule has 0 fully saturated rings. The molecule has 0 aromatic carbocycles. The lowest BCUT2D eigenvalue weighted by molar-refractivity contribution is -0.310. The predicted octanol–water partition coefficient (Wildman–Crippen LogP) is -0.406. The van der Waals surface area contributed by atoms with Crippen molar-refractivity contribution >= 4 is 13.5 Å². The summed E-state index contributed by atoms with van der Waals surface area (Å²) >= 11 is 0. The van der Waals surface area contributed by atoms with E-state index in [9.17, 15) is 19.1 Å². The first-order chi connectivity index (χ1) is 9.68. The van der Waals surface area contributed by atoms with Gasteiger partial charge in [-0.1, -0.05) is 13.8 Å². The minimum Gasteiger partial charge on any atom is -0.808 e. The third-order valence-electron chi connectivity index (χ3n) is 3.60. The fraction of sp³-hybridized carbons (Fsp3) is 0.769. The van der Waals surface area contributed by atoms with Gasteiger partial charge < -0.3 is 30.1 Å². The van der Waals surface area contributed by atoms with Crippen LogP contribution < -0.4 is 20.8 Å². The van der Waals surface area contributed by atoms with E-state index in [-0.39, 0.29) is 23.7 Å². The molecule has 122 valence electrons. The molecule has 0 saturated heterocycles. The van der Waals surface area contributed by atoms with Crippen LogP contribution in [0.15, 0.2) is 11.4 Å². The van der Waals surface area contributed by atoms with Gasteiger partial charge in [0.2, 0.25) is 5.91 Å². The summed E-state index contributed by atoms with van der Waals surface area (Å²) in [7, 11) is -4.85. The van der Waals surface area contributed by atoms with Gasteiger partial charge in [-0.05, 0) is 38.2 Å². The van der Waals surface area contributed by atoms with Crippen molar-refractivity contribution in [3.63, 3.8) is 0 Å². The number of hydrogen-bond donors (Lipinski definition) is 2. The van der Waals surface area contributed by atoms with Crippen molar-refractivity contribution in [2.45, 2.75) is 64.3 Å². The summed E-state index contributed by atoms with van der Waals surface area (Å²) in [4.78, 5) is 33.8. The van der Waals surface area contributed by atoms with Crippen LogP contribution >= 0.6 is 7.60 Å². The SMILES string of the molecule is CCC(CC)O[C@@H]1C=C(P(=O)([O-])[O-])C[C@H](N)[C@H]1NC(C)=O. The Bertz CT molecular complexity index is 444. The van der Waals surface area contributed by atoms with Crippen molar-refractivity contribution in [1.82, 2.24) is 5.32 Å². The molecule has 0 heterocycles. The monoisotopic (exact) mass is 318 g/mol. The Balaban J connectivity index is 3.05. The average Bonchev–Trinajstić information content (AvgIpc) is 2.37. The Hall–Kier alpha value is -0.720. The number of nitrogens with one attached hydrogen (secondary N) is 1. The summed E-state index contributed by atoms with van der Waals surface area (Å²) in [6, 6.07) is -1.22. The number of carbonyl (C=O) groups excluding carboxylic acids is 1. The Morgan fingerprint density at radius 1 is 1.52 bits per heavy atom. The number of nitrogens with two attached hydrogens (primary N) is 1. The van der Waals surface area contributed by atoms with E-state index in [0.29, 0.717) is 0 Å². The molecule has 0 radical (unpaired) electrons. The lowest BCUT2D eigenvalue weighted by Gasteiger charge is -2.42. The van der Waals surface area contributed by atoms with Crippen molar-refractivity contribution in [3.05, 3.63) is 11.4 Å². The van der Waals surface area contributed by atoms with Crippen molar-refractivity contribution in [1.29, 1.82) is 0 Å². The molecule has 8 heteroatoms. The fourth-order valence-corrected chi connectivity index (χ4v) is 3.19. The van der Waals surface area contributed by atoms with Crippen LogP contribution in [0, 0.1) is 0 Å². The maximum absolute atomic E-state index is 11.3. The lowest BCUT2D eigenvalue weighted by Crippen LogP contribution is -2.56. The zero-order chi connectivity index (χ0) is 16.2. The summed E-state index contributed by atoms with van der Waals surface area (Å²) in [5, 5.41) is 2.44. The topological polar surface area (TPSA) is 128 Å². The van der Waals surface area contributed by atoms with Crippen molar-refractivity contribution in [2.24, 2.45) is 5.73 Å². The van der Waals surface area contributed by atoms with Gasteiger partial charge >= 0.3 is 0 Å². The van der Waals surface area contributed by atoms with E-state index >= 15 is 0 Å². The van der Waals surface area contributed by atoms with Crippen LogP contribution in [-0.2, 0) is 14.1 Å². The van der Waals surface area contributed by atoms with Crippen molar-refractivity contribution in [2.75, 3.05) is 0 Å². The van der Waals surface area contributed by atoms with Gasteiger partial charge in [0.1, 0.15) is 0 Å². The third kappa shape index (κ3) is 5.20. The summed E-state index contributed by atoms with van der Waals surface area (Å²) in [5.74, 6) is -0.280. The highest BCUT2D eigenvalue weighted by Crippen LogP contribution is 2.42. The lowest BCUT2D eigenvalue weighted by atomic mass is 9.93. The highest BCUT2D eigenvalue weighted by atomic mass is 31.2. The van der Waals surface area contributed by atoms with Gasteiger partial charge in [-0.2, -0.15) is 0 Å². The summed E-state index contributed by atoms with van der Waals surface area (Å²) in [5.41, 5.74) is 5.93. The summed E-state index contributed by atoms with van der Waals surface area (Å²) in [6.07, 6.45) is 1.89. The molecule has 0 aliphatic heterocycles. The van der Waals surface area contributed by atoms with Gasteiger partial charge in [0, 0.05) is 13.0 Å². The number of amides is 1. The molecule has 3 atom stereocenters. The maximum Gasteiger partial charge on any atom is 0.217 e. The van der Waals surface area contributed by atoms with E-state index in [2.05, 4.69) is 5.32 Å². The number of carbonyl (C=O) groups is 1. The van der Waals surface area contributed by atoms with Gasteiger partial charge in [0.05, 0.1) is 18.2 Å². The molecule has 0 aromatic rings. The van der Waals surface area contributed by atoms with Crippen LogP contribution in [0.4, 0.5) is 0 Å². The molecule has 0 unspecified atom stereocenters. The van der Waals surface area contributed by atoms with Crippen LogP contribution in [0.5, 0.6) is 0 Å². The van der Waals surface area contributed by atoms with Crippen LogP contribution in [0.3, 0.4) is 0 Å². The van der Waals surface area contributed by atoms with Gasteiger partial charge in [0.15, 0.2) is 0 Å². The van der Waals surface area contributed by atoms with E-state index in [1.54, 1.807) is 0 Å². The Morgan fingerprint density at radius 2 is 2.10 bits per heavy atom. The quantitative estimate of drug-likeness (QED) is 0.641. The van der Waals surface area contributed by atoms with E-state index in [1.165, 1.54) is 13.0 Å². The molecule has 0 aromatic heterocycles.